The molecule has 0 saturated carbocycles. The number of hydrogen-bond acceptors (Lipinski definition) is 3. The number of rotatable bonds is 5. The van der Waals surface area contributed by atoms with Crippen molar-refractivity contribution in [2.45, 2.75) is 33.1 Å². The lowest BCUT2D eigenvalue weighted by Crippen LogP contribution is -2.13. The van der Waals surface area contributed by atoms with E-state index < -0.39 is 0 Å². The molecule has 4 aromatic heterocycles. The Hall–Kier alpha value is -6.20. The predicted octanol–water partition coefficient (Wildman–Crippen LogP) is 11.6. The van der Waals surface area contributed by atoms with Gasteiger partial charge in [0.1, 0.15) is 22.9 Å². The van der Waals surface area contributed by atoms with Crippen molar-refractivity contribution in [1.29, 1.82) is 0 Å². The molecule has 0 atom stereocenters. The van der Waals surface area contributed by atoms with Gasteiger partial charge in [-0.3, -0.25) is 9.13 Å². The quantitative estimate of drug-likeness (QED) is 0.184. The number of methoxy groups -OCH3 is 1. The van der Waals surface area contributed by atoms with Crippen LogP contribution in [0.15, 0.2) is 140 Å². The molecule has 0 saturated heterocycles. The molecule has 248 valence electrons. The second-order valence-electron chi connectivity index (χ2n) is 14.3. The van der Waals surface area contributed by atoms with Crippen molar-refractivity contribution in [3.05, 3.63) is 151 Å². The molecule has 0 aliphatic heterocycles. The molecule has 0 aliphatic carbocycles. The molecule has 5 nitrogen and oxygen atoms in total. The molecule has 0 N–H and O–H groups in total. The van der Waals surface area contributed by atoms with Crippen molar-refractivity contribution < 1.29 is 4.74 Å². The lowest BCUT2D eigenvalue weighted by Gasteiger charge is -2.22. The summed E-state index contributed by atoms with van der Waals surface area (Å²) in [5, 5.41) is 4.50. The maximum absolute atomic E-state index is 5.70. The van der Waals surface area contributed by atoms with Gasteiger partial charge in [-0.15, -0.1) is 0 Å². The number of fused-ring (bicyclic) bond motifs is 6. The largest absolute Gasteiger partial charge is 0.497 e. The van der Waals surface area contributed by atoms with Crippen LogP contribution in [0.3, 0.4) is 0 Å². The first kappa shape index (κ1) is 30.8. The zero-order valence-corrected chi connectivity index (χ0v) is 29.5. The van der Waals surface area contributed by atoms with Crippen LogP contribution >= 0.6 is 0 Å². The van der Waals surface area contributed by atoms with Crippen LogP contribution in [0.2, 0.25) is 0 Å². The Labute approximate surface area is 297 Å². The third-order valence-electron chi connectivity index (χ3n) is 10.1. The van der Waals surface area contributed by atoms with Gasteiger partial charge in [-0.25, -0.2) is 9.97 Å². The smallest absolute Gasteiger partial charge is 0.149 e. The van der Waals surface area contributed by atoms with E-state index in [9.17, 15) is 0 Å². The number of para-hydroxylation sites is 3. The minimum absolute atomic E-state index is 0.109. The third-order valence-corrected chi connectivity index (χ3v) is 10.1. The summed E-state index contributed by atoms with van der Waals surface area (Å²) in [5.41, 5.74) is 11.6. The minimum Gasteiger partial charge on any atom is -0.497 e. The maximum atomic E-state index is 5.70. The number of ether oxygens (including phenoxy) is 1. The number of aromatic nitrogens is 4. The van der Waals surface area contributed by atoms with Gasteiger partial charge >= 0.3 is 0 Å². The van der Waals surface area contributed by atoms with E-state index in [2.05, 4.69) is 164 Å². The van der Waals surface area contributed by atoms with Gasteiger partial charge in [-0.2, -0.15) is 0 Å². The molecule has 0 aliphatic rings. The van der Waals surface area contributed by atoms with Gasteiger partial charge in [-0.05, 0) is 77.6 Å². The van der Waals surface area contributed by atoms with Crippen LogP contribution in [-0.2, 0) is 5.41 Å². The fourth-order valence-electron chi connectivity index (χ4n) is 7.56. The zero-order chi connectivity index (χ0) is 34.9. The van der Waals surface area contributed by atoms with Gasteiger partial charge in [-0.1, -0.05) is 112 Å². The van der Waals surface area contributed by atoms with Crippen molar-refractivity contribution in [3.8, 4) is 39.6 Å². The van der Waals surface area contributed by atoms with E-state index in [1.807, 2.05) is 12.1 Å². The molecular weight excluding hydrogens is 625 g/mol. The molecule has 4 heterocycles. The number of benzene rings is 5. The van der Waals surface area contributed by atoms with Crippen molar-refractivity contribution in [3.63, 3.8) is 0 Å². The van der Waals surface area contributed by atoms with Gasteiger partial charge in [0, 0.05) is 38.4 Å². The highest BCUT2D eigenvalue weighted by Gasteiger charge is 2.27. The Bertz CT molecular complexity index is 2770. The summed E-state index contributed by atoms with van der Waals surface area (Å²) in [4.78, 5) is 11.1. The van der Waals surface area contributed by atoms with Gasteiger partial charge in [0.25, 0.3) is 0 Å². The Balaban J connectivity index is 1.50. The molecule has 0 fully saturated rings. The number of aryl methyl sites for hydroxylation is 1. The van der Waals surface area contributed by atoms with Crippen LogP contribution in [0.4, 0.5) is 0 Å². The lowest BCUT2D eigenvalue weighted by molar-refractivity contribution is 0.415. The van der Waals surface area contributed by atoms with E-state index in [1.165, 1.54) is 11.1 Å². The summed E-state index contributed by atoms with van der Waals surface area (Å²) >= 11 is 0. The molecule has 0 amide bonds. The van der Waals surface area contributed by atoms with Crippen molar-refractivity contribution >= 4 is 43.9 Å². The van der Waals surface area contributed by atoms with Gasteiger partial charge < -0.3 is 4.74 Å². The normalized spacial score (nSPS) is 12.0. The molecule has 9 aromatic rings. The van der Waals surface area contributed by atoms with Crippen LogP contribution < -0.4 is 4.74 Å². The first-order chi connectivity index (χ1) is 24.8. The first-order valence-electron chi connectivity index (χ1n) is 17.5. The minimum atomic E-state index is -0.109. The SMILES string of the molecule is COc1ccc(-c2c3c4ccccc4n(-c4ccccc4)c3nc3c2c2ccccc2n3-c2cc(C(C)(C)C)cc(-c3ccccc3C)n2)cc1. The summed E-state index contributed by atoms with van der Waals surface area (Å²) in [6, 6.07) is 49.3. The van der Waals surface area contributed by atoms with Crippen LogP contribution in [0.5, 0.6) is 5.75 Å². The predicted molar refractivity (Wildman–Crippen MR) is 212 cm³/mol. The lowest BCUT2D eigenvalue weighted by atomic mass is 9.86. The second-order valence-corrected chi connectivity index (χ2v) is 14.3. The molecule has 0 bridgehead atoms. The topological polar surface area (TPSA) is 44.9 Å². The highest BCUT2D eigenvalue weighted by molar-refractivity contribution is 6.26. The molecule has 9 rings (SSSR count). The summed E-state index contributed by atoms with van der Waals surface area (Å²) < 4.78 is 10.2. The molecule has 0 radical (unpaired) electrons. The maximum Gasteiger partial charge on any atom is 0.149 e. The summed E-state index contributed by atoms with van der Waals surface area (Å²) in [6.45, 7) is 8.95. The van der Waals surface area contributed by atoms with Crippen molar-refractivity contribution in [2.75, 3.05) is 7.11 Å². The Morgan fingerprint density at radius 3 is 1.82 bits per heavy atom. The highest BCUT2D eigenvalue weighted by Crippen LogP contribution is 2.46. The Kier molecular flexibility index (Phi) is 7.07. The van der Waals surface area contributed by atoms with Crippen LogP contribution in [0.1, 0.15) is 31.9 Å². The van der Waals surface area contributed by atoms with Crippen LogP contribution in [0, 0.1) is 6.92 Å². The van der Waals surface area contributed by atoms with E-state index in [4.69, 9.17) is 14.7 Å². The first-order valence-corrected chi connectivity index (χ1v) is 17.5. The average Bonchev–Trinajstić information content (AvgIpc) is 3.66. The number of pyridine rings is 2. The number of hydrogen-bond donors (Lipinski definition) is 0. The standard InChI is InChI=1S/C46H38N4O/c1-29-15-9-10-18-34(29)37-27-31(46(2,3)4)28-40(47-37)50-39-22-14-12-20-36(39)43-41(30-23-25-33(51-5)26-24-30)42-35-19-11-13-21-38(35)49(44(42)48-45(43)50)32-16-7-6-8-17-32/h6-28H,1-5H3. The van der Waals surface area contributed by atoms with Crippen molar-refractivity contribution in [2.24, 2.45) is 0 Å². The molecule has 5 aromatic carbocycles. The van der Waals surface area contributed by atoms with Gasteiger partial charge in [0.05, 0.1) is 23.8 Å². The summed E-state index contributed by atoms with van der Waals surface area (Å²) in [5.74, 6) is 1.67. The van der Waals surface area contributed by atoms with Crippen LogP contribution in [0.25, 0.3) is 77.8 Å². The highest BCUT2D eigenvalue weighted by atomic mass is 16.5. The average molecular weight is 663 g/mol. The zero-order valence-electron chi connectivity index (χ0n) is 29.5. The number of nitrogens with zero attached hydrogens (tertiary/aromatic N) is 4. The molecular formula is C46H38N4O. The van der Waals surface area contributed by atoms with Crippen molar-refractivity contribution in [1.82, 2.24) is 19.1 Å². The van der Waals surface area contributed by atoms with E-state index in [1.54, 1.807) is 7.11 Å². The van der Waals surface area contributed by atoms with E-state index in [-0.39, 0.29) is 5.41 Å². The monoisotopic (exact) mass is 662 g/mol. The Morgan fingerprint density at radius 1 is 0.588 bits per heavy atom. The van der Waals surface area contributed by atoms with E-state index in [0.717, 1.165) is 83.5 Å². The Morgan fingerprint density at radius 2 is 1.18 bits per heavy atom. The van der Waals surface area contributed by atoms with E-state index in [0.29, 0.717) is 0 Å². The fraction of sp³-hybridized carbons (Fsp3) is 0.130. The van der Waals surface area contributed by atoms with Gasteiger partial charge in [0.2, 0.25) is 0 Å². The molecule has 5 heteroatoms. The third kappa shape index (κ3) is 4.91. The van der Waals surface area contributed by atoms with Gasteiger partial charge in [0.15, 0.2) is 0 Å². The fourth-order valence-corrected chi connectivity index (χ4v) is 7.56. The molecule has 51 heavy (non-hydrogen) atoms. The summed E-state index contributed by atoms with van der Waals surface area (Å²) in [7, 11) is 1.71. The van der Waals surface area contributed by atoms with Crippen LogP contribution in [-0.4, -0.2) is 26.2 Å². The van der Waals surface area contributed by atoms with E-state index >= 15 is 0 Å². The molecule has 0 spiro atoms. The second kappa shape index (κ2) is 11.7. The summed E-state index contributed by atoms with van der Waals surface area (Å²) in [6.07, 6.45) is 0. The molecule has 0 unspecified atom stereocenters.